The molecule has 62 valence electrons. The van der Waals surface area contributed by atoms with Crippen molar-refractivity contribution in [3.8, 4) is 0 Å². The fourth-order valence-corrected chi connectivity index (χ4v) is 1.40. The highest BCUT2D eigenvalue weighted by atomic mass is 28.3. The predicted molar refractivity (Wildman–Crippen MR) is 45.9 cm³/mol. The summed E-state index contributed by atoms with van der Waals surface area (Å²) in [7, 11) is -1.40. The van der Waals surface area contributed by atoms with Gasteiger partial charge < -0.3 is 0 Å². The van der Waals surface area contributed by atoms with Crippen LogP contribution in [0, 0.1) is 0 Å². The molecule has 1 aromatic heterocycles. The molecule has 0 unspecified atom stereocenters. The summed E-state index contributed by atoms with van der Waals surface area (Å²) in [5.41, 5.74) is 0. The highest BCUT2D eigenvalue weighted by Gasteiger charge is 2.19. The van der Waals surface area contributed by atoms with Crippen molar-refractivity contribution in [2.45, 2.75) is 33.0 Å². The van der Waals surface area contributed by atoms with Crippen LogP contribution in [-0.2, 0) is 6.42 Å². The van der Waals surface area contributed by atoms with Crippen LogP contribution >= 0.6 is 0 Å². The summed E-state index contributed by atoms with van der Waals surface area (Å²) >= 11 is 0. The molecule has 0 spiro atoms. The molecule has 1 heterocycles. The Morgan fingerprint density at radius 1 is 1.36 bits per heavy atom. The van der Waals surface area contributed by atoms with E-state index in [4.69, 9.17) is 0 Å². The molecule has 0 fully saturated rings. The van der Waals surface area contributed by atoms with Gasteiger partial charge in [0.15, 0.2) is 5.82 Å². The highest BCUT2D eigenvalue weighted by molar-refractivity contribution is 6.73. The molecule has 4 nitrogen and oxygen atoms in total. The van der Waals surface area contributed by atoms with Crippen LogP contribution in [0.15, 0.2) is 0 Å². The van der Waals surface area contributed by atoms with E-state index < -0.39 is 8.24 Å². The summed E-state index contributed by atoms with van der Waals surface area (Å²) < 4.78 is 1.78. The molecule has 0 N–H and O–H groups in total. The Morgan fingerprint density at radius 3 is 2.27 bits per heavy atom. The number of aryl methyl sites for hydroxylation is 1. The lowest BCUT2D eigenvalue weighted by Crippen LogP contribution is -2.34. The van der Waals surface area contributed by atoms with Crippen molar-refractivity contribution >= 4 is 8.24 Å². The number of hydrogen-bond donors (Lipinski definition) is 0. The van der Waals surface area contributed by atoms with Gasteiger partial charge in [-0.1, -0.05) is 12.1 Å². The maximum atomic E-state index is 4.26. The second kappa shape index (κ2) is 2.73. The minimum absolute atomic E-state index is 0.840. The van der Waals surface area contributed by atoms with Crippen LogP contribution in [-0.4, -0.2) is 28.1 Å². The van der Waals surface area contributed by atoms with Crippen LogP contribution < -0.4 is 0 Å². The Kier molecular flexibility index (Phi) is 2.08. The number of hydrogen-bond acceptors (Lipinski definition) is 3. The molecule has 0 amide bonds. The zero-order chi connectivity index (χ0) is 8.48. The van der Waals surface area contributed by atoms with Gasteiger partial charge in [0.1, 0.15) is 0 Å². The molecule has 0 saturated carbocycles. The third kappa shape index (κ3) is 1.86. The molecular weight excluding hydrogens is 156 g/mol. The minimum Gasteiger partial charge on any atom is -0.201 e. The molecule has 0 saturated heterocycles. The van der Waals surface area contributed by atoms with Gasteiger partial charge in [0.05, 0.1) is 0 Å². The number of nitrogens with zero attached hydrogens (tertiary/aromatic N) is 4. The Labute approximate surface area is 67.7 Å². The van der Waals surface area contributed by atoms with Crippen molar-refractivity contribution in [2.24, 2.45) is 0 Å². The van der Waals surface area contributed by atoms with E-state index in [0.717, 1.165) is 12.2 Å². The number of rotatable bonds is 2. The van der Waals surface area contributed by atoms with Gasteiger partial charge in [0.25, 0.3) is 0 Å². The first-order valence-electron chi connectivity index (χ1n) is 3.83. The fourth-order valence-electron chi connectivity index (χ4n) is 0.669. The monoisotopic (exact) mass is 170 g/mol. The summed E-state index contributed by atoms with van der Waals surface area (Å²) in [6.45, 7) is 8.60. The van der Waals surface area contributed by atoms with E-state index in [1.807, 2.05) is 6.92 Å². The average molecular weight is 170 g/mol. The van der Waals surface area contributed by atoms with Crippen molar-refractivity contribution in [2.75, 3.05) is 0 Å². The van der Waals surface area contributed by atoms with Crippen LogP contribution in [0.1, 0.15) is 12.7 Å². The Bertz CT molecular complexity index is 237. The number of tetrazole rings is 1. The SMILES string of the molecule is CCc1nnn([Si](C)(C)C)n1. The second-order valence-electron chi connectivity index (χ2n) is 3.52. The molecule has 11 heavy (non-hydrogen) atoms. The van der Waals surface area contributed by atoms with E-state index >= 15 is 0 Å². The molecule has 0 radical (unpaired) electrons. The van der Waals surface area contributed by atoms with Crippen molar-refractivity contribution in [1.29, 1.82) is 0 Å². The first kappa shape index (κ1) is 8.38. The maximum Gasteiger partial charge on any atom is 0.204 e. The van der Waals surface area contributed by atoms with Gasteiger partial charge in [-0.15, -0.1) is 10.2 Å². The predicted octanol–water partition coefficient (Wildman–Crippen LogP) is 0.918. The summed E-state index contributed by atoms with van der Waals surface area (Å²) in [6.07, 6.45) is 0.866. The zero-order valence-corrected chi connectivity index (χ0v) is 8.50. The molecule has 0 aliphatic heterocycles. The fraction of sp³-hybridized carbons (Fsp3) is 0.833. The van der Waals surface area contributed by atoms with Crippen LogP contribution in [0.5, 0.6) is 0 Å². The van der Waals surface area contributed by atoms with Gasteiger partial charge >= 0.3 is 0 Å². The van der Waals surface area contributed by atoms with Crippen molar-refractivity contribution in [3.05, 3.63) is 5.82 Å². The number of aromatic nitrogens is 4. The van der Waals surface area contributed by atoms with Crippen molar-refractivity contribution in [3.63, 3.8) is 0 Å². The van der Waals surface area contributed by atoms with E-state index in [1.165, 1.54) is 0 Å². The Hall–Kier alpha value is -0.713. The standard InChI is InChI=1S/C6H14N4Si/c1-5-6-7-9-10(8-6)11(2,3)4/h5H2,1-4H3. The van der Waals surface area contributed by atoms with Gasteiger partial charge in [-0.2, -0.15) is 0 Å². The lowest BCUT2D eigenvalue weighted by Gasteiger charge is -2.11. The van der Waals surface area contributed by atoms with Gasteiger partial charge in [0, 0.05) is 6.42 Å². The zero-order valence-electron chi connectivity index (χ0n) is 7.50. The lowest BCUT2D eigenvalue weighted by molar-refractivity contribution is 0.761. The van der Waals surface area contributed by atoms with Gasteiger partial charge in [0.2, 0.25) is 8.24 Å². The third-order valence-electron chi connectivity index (χ3n) is 1.37. The van der Waals surface area contributed by atoms with E-state index in [-0.39, 0.29) is 0 Å². The molecule has 0 bridgehead atoms. The molecule has 0 aromatic carbocycles. The van der Waals surface area contributed by atoms with Gasteiger partial charge in [-0.3, -0.25) is 0 Å². The summed E-state index contributed by atoms with van der Waals surface area (Å²) in [5.74, 6) is 0.840. The Balaban J connectivity index is 2.89. The van der Waals surface area contributed by atoms with E-state index in [0.29, 0.717) is 0 Å². The average Bonchev–Trinajstić information content (AvgIpc) is 2.32. The van der Waals surface area contributed by atoms with Crippen LogP contribution in [0.2, 0.25) is 19.6 Å². The van der Waals surface area contributed by atoms with Crippen molar-refractivity contribution < 1.29 is 0 Å². The first-order chi connectivity index (χ1) is 5.04. The second-order valence-corrected chi connectivity index (χ2v) is 8.26. The van der Waals surface area contributed by atoms with Crippen molar-refractivity contribution in [1.82, 2.24) is 19.9 Å². The summed E-state index contributed by atoms with van der Waals surface area (Å²) in [6, 6.07) is 0. The van der Waals surface area contributed by atoms with E-state index in [2.05, 4.69) is 35.1 Å². The van der Waals surface area contributed by atoms with Gasteiger partial charge in [-0.25, -0.2) is 4.46 Å². The van der Waals surface area contributed by atoms with Gasteiger partial charge in [-0.05, 0) is 19.6 Å². The molecule has 0 aliphatic rings. The van der Waals surface area contributed by atoms with E-state index in [1.54, 1.807) is 4.46 Å². The highest BCUT2D eigenvalue weighted by Crippen LogP contribution is 2.00. The van der Waals surface area contributed by atoms with Crippen LogP contribution in [0.25, 0.3) is 0 Å². The topological polar surface area (TPSA) is 43.6 Å². The minimum atomic E-state index is -1.40. The summed E-state index contributed by atoms with van der Waals surface area (Å²) in [5, 5.41) is 12.2. The smallest absolute Gasteiger partial charge is 0.201 e. The molecule has 5 heteroatoms. The third-order valence-corrected chi connectivity index (χ3v) is 2.76. The van der Waals surface area contributed by atoms with Crippen LogP contribution in [0.3, 0.4) is 0 Å². The molecule has 0 aliphatic carbocycles. The largest absolute Gasteiger partial charge is 0.204 e. The first-order valence-corrected chi connectivity index (χ1v) is 7.28. The summed E-state index contributed by atoms with van der Waals surface area (Å²) in [4.78, 5) is 0. The quantitative estimate of drug-likeness (QED) is 0.620. The lowest BCUT2D eigenvalue weighted by atomic mass is 10.5. The van der Waals surface area contributed by atoms with Crippen LogP contribution in [0.4, 0.5) is 0 Å². The molecular formula is C6H14N4Si. The normalized spacial score (nSPS) is 12.0. The molecule has 1 rings (SSSR count). The molecule has 1 aromatic rings. The Morgan fingerprint density at radius 2 is 2.00 bits per heavy atom. The van der Waals surface area contributed by atoms with E-state index in [9.17, 15) is 0 Å². The molecule has 0 atom stereocenters. The maximum absolute atomic E-state index is 4.26.